The number of hydrogen-bond acceptors (Lipinski definition) is 4. The number of benzene rings is 2. The van der Waals surface area contributed by atoms with Crippen LogP contribution in [-0.2, 0) is 4.79 Å². The van der Waals surface area contributed by atoms with Crippen molar-refractivity contribution in [2.45, 2.75) is 0 Å². The molecule has 2 aromatic rings. The minimum atomic E-state index is -0.532. The molecule has 6 nitrogen and oxygen atoms in total. The number of nitro groups is 1. The molecule has 0 spiro atoms. The van der Waals surface area contributed by atoms with Gasteiger partial charge in [-0.1, -0.05) is 29.8 Å². The predicted octanol–water partition coefficient (Wildman–Crippen LogP) is 3.27. The summed E-state index contributed by atoms with van der Waals surface area (Å²) >= 11 is 5.89. The van der Waals surface area contributed by atoms with Gasteiger partial charge >= 0.3 is 0 Å². The molecular formula is C14H11ClN2O4. The highest BCUT2D eigenvalue weighted by molar-refractivity contribution is 6.32. The molecule has 0 fully saturated rings. The van der Waals surface area contributed by atoms with Gasteiger partial charge in [0.1, 0.15) is 5.75 Å². The SMILES string of the molecule is O=C(COc1ccccc1Cl)Nc1cccc([N+](=O)[O-])c1. The van der Waals surface area contributed by atoms with Gasteiger partial charge in [0.05, 0.1) is 9.95 Å². The average molecular weight is 307 g/mol. The summed E-state index contributed by atoms with van der Waals surface area (Å²) in [6, 6.07) is 12.4. The highest BCUT2D eigenvalue weighted by atomic mass is 35.5. The molecule has 0 atom stereocenters. The van der Waals surface area contributed by atoms with Gasteiger partial charge in [-0.25, -0.2) is 0 Å². The molecule has 2 aromatic carbocycles. The van der Waals surface area contributed by atoms with Crippen LogP contribution in [0.5, 0.6) is 5.75 Å². The van der Waals surface area contributed by atoms with Gasteiger partial charge in [-0.3, -0.25) is 14.9 Å². The van der Waals surface area contributed by atoms with Crippen LogP contribution in [0.2, 0.25) is 5.02 Å². The van der Waals surface area contributed by atoms with E-state index in [9.17, 15) is 14.9 Å². The number of carbonyl (C=O) groups excluding carboxylic acids is 1. The van der Waals surface area contributed by atoms with E-state index >= 15 is 0 Å². The Hall–Kier alpha value is -2.60. The van der Waals surface area contributed by atoms with Gasteiger partial charge < -0.3 is 10.1 Å². The topological polar surface area (TPSA) is 81.5 Å². The van der Waals surface area contributed by atoms with Crippen LogP contribution in [-0.4, -0.2) is 17.4 Å². The number of nitrogens with one attached hydrogen (secondary N) is 1. The molecule has 1 N–H and O–H groups in total. The van der Waals surface area contributed by atoms with Gasteiger partial charge in [-0.15, -0.1) is 0 Å². The Morgan fingerprint density at radius 3 is 2.71 bits per heavy atom. The molecule has 0 unspecified atom stereocenters. The van der Waals surface area contributed by atoms with E-state index < -0.39 is 10.8 Å². The highest BCUT2D eigenvalue weighted by Crippen LogP contribution is 2.23. The summed E-state index contributed by atoms with van der Waals surface area (Å²) in [5.41, 5.74) is 0.233. The molecule has 0 bridgehead atoms. The second-order valence-corrected chi connectivity index (χ2v) is 4.48. The van der Waals surface area contributed by atoms with Crippen molar-refractivity contribution in [3.05, 3.63) is 63.7 Å². The van der Waals surface area contributed by atoms with E-state index in [0.717, 1.165) is 0 Å². The Morgan fingerprint density at radius 2 is 2.00 bits per heavy atom. The third-order valence-corrected chi connectivity index (χ3v) is 2.85. The lowest BCUT2D eigenvalue weighted by molar-refractivity contribution is -0.384. The van der Waals surface area contributed by atoms with Crippen molar-refractivity contribution in [1.29, 1.82) is 0 Å². The smallest absolute Gasteiger partial charge is 0.271 e. The largest absolute Gasteiger partial charge is 0.482 e. The molecular weight excluding hydrogens is 296 g/mol. The van der Waals surface area contributed by atoms with Crippen molar-refractivity contribution in [3.63, 3.8) is 0 Å². The second kappa shape index (κ2) is 6.71. The number of carbonyl (C=O) groups is 1. The van der Waals surface area contributed by atoms with E-state index in [1.54, 1.807) is 30.3 Å². The van der Waals surface area contributed by atoms with Crippen LogP contribution >= 0.6 is 11.6 Å². The lowest BCUT2D eigenvalue weighted by Crippen LogP contribution is -2.20. The Labute approximate surface area is 125 Å². The van der Waals surface area contributed by atoms with E-state index in [-0.39, 0.29) is 12.3 Å². The van der Waals surface area contributed by atoms with Crippen molar-refractivity contribution < 1.29 is 14.5 Å². The fraction of sp³-hybridized carbons (Fsp3) is 0.0714. The molecule has 0 aliphatic rings. The van der Waals surface area contributed by atoms with Gasteiger partial charge in [-0.2, -0.15) is 0 Å². The van der Waals surface area contributed by atoms with E-state index in [4.69, 9.17) is 16.3 Å². The quantitative estimate of drug-likeness (QED) is 0.679. The molecule has 0 radical (unpaired) electrons. The summed E-state index contributed by atoms with van der Waals surface area (Å²) in [5, 5.41) is 13.6. The third-order valence-electron chi connectivity index (χ3n) is 2.54. The molecule has 0 heterocycles. The Balaban J connectivity index is 1.95. The van der Waals surface area contributed by atoms with E-state index in [0.29, 0.717) is 16.5 Å². The summed E-state index contributed by atoms with van der Waals surface area (Å²) in [6.07, 6.45) is 0. The van der Waals surface area contributed by atoms with Crippen LogP contribution in [0, 0.1) is 10.1 Å². The first-order chi connectivity index (χ1) is 10.1. The third kappa shape index (κ3) is 4.19. The molecule has 0 saturated carbocycles. The van der Waals surface area contributed by atoms with Crippen LogP contribution in [0.25, 0.3) is 0 Å². The van der Waals surface area contributed by atoms with Gasteiger partial charge in [0.2, 0.25) is 0 Å². The fourth-order valence-electron chi connectivity index (χ4n) is 1.60. The molecule has 1 amide bonds. The number of para-hydroxylation sites is 1. The Bertz CT molecular complexity index is 676. The molecule has 7 heteroatoms. The van der Waals surface area contributed by atoms with Crippen LogP contribution in [0.4, 0.5) is 11.4 Å². The van der Waals surface area contributed by atoms with Gasteiger partial charge in [0, 0.05) is 17.8 Å². The zero-order valence-corrected chi connectivity index (χ0v) is 11.5. The number of non-ortho nitro benzene ring substituents is 1. The van der Waals surface area contributed by atoms with Crippen molar-refractivity contribution in [2.24, 2.45) is 0 Å². The number of nitro benzene ring substituents is 1. The summed E-state index contributed by atoms with van der Waals surface area (Å²) in [4.78, 5) is 21.8. The Morgan fingerprint density at radius 1 is 1.24 bits per heavy atom. The van der Waals surface area contributed by atoms with Crippen LogP contribution in [0.1, 0.15) is 0 Å². The zero-order chi connectivity index (χ0) is 15.2. The molecule has 0 aromatic heterocycles. The number of nitrogens with zero attached hydrogens (tertiary/aromatic N) is 1. The van der Waals surface area contributed by atoms with Crippen LogP contribution < -0.4 is 10.1 Å². The van der Waals surface area contributed by atoms with Crippen LogP contribution in [0.3, 0.4) is 0 Å². The molecule has 108 valence electrons. The molecule has 0 aliphatic carbocycles. The van der Waals surface area contributed by atoms with Gasteiger partial charge in [0.25, 0.3) is 11.6 Å². The number of amides is 1. The lowest BCUT2D eigenvalue weighted by Gasteiger charge is -2.08. The number of rotatable bonds is 5. The van der Waals surface area contributed by atoms with Crippen molar-refractivity contribution in [2.75, 3.05) is 11.9 Å². The minimum absolute atomic E-state index is 0.0974. The molecule has 0 aliphatic heterocycles. The number of ether oxygens (including phenoxy) is 1. The van der Waals surface area contributed by atoms with E-state index in [1.807, 2.05) is 0 Å². The molecule has 2 rings (SSSR count). The van der Waals surface area contributed by atoms with E-state index in [2.05, 4.69) is 5.32 Å². The van der Waals surface area contributed by atoms with Gasteiger partial charge in [-0.05, 0) is 18.2 Å². The number of halogens is 1. The van der Waals surface area contributed by atoms with E-state index in [1.165, 1.54) is 18.2 Å². The first-order valence-electron chi connectivity index (χ1n) is 5.98. The standard InChI is InChI=1S/C14H11ClN2O4/c15-12-6-1-2-7-13(12)21-9-14(18)16-10-4-3-5-11(8-10)17(19)20/h1-8H,9H2,(H,16,18). The maximum absolute atomic E-state index is 11.7. The minimum Gasteiger partial charge on any atom is -0.482 e. The lowest BCUT2D eigenvalue weighted by atomic mass is 10.3. The number of anilines is 1. The maximum atomic E-state index is 11.7. The summed E-state index contributed by atoms with van der Waals surface area (Å²) in [5.74, 6) is -0.0382. The average Bonchev–Trinajstić information content (AvgIpc) is 2.46. The monoisotopic (exact) mass is 306 g/mol. The number of hydrogen-bond donors (Lipinski definition) is 1. The normalized spacial score (nSPS) is 9.95. The molecule has 0 saturated heterocycles. The zero-order valence-electron chi connectivity index (χ0n) is 10.8. The van der Waals surface area contributed by atoms with Gasteiger partial charge in [0.15, 0.2) is 6.61 Å². The first kappa shape index (κ1) is 14.8. The van der Waals surface area contributed by atoms with Crippen molar-refractivity contribution >= 4 is 28.9 Å². The van der Waals surface area contributed by atoms with Crippen molar-refractivity contribution in [3.8, 4) is 5.75 Å². The fourth-order valence-corrected chi connectivity index (χ4v) is 1.79. The first-order valence-corrected chi connectivity index (χ1v) is 6.35. The predicted molar refractivity (Wildman–Crippen MR) is 78.7 cm³/mol. The van der Waals surface area contributed by atoms with Crippen LogP contribution in [0.15, 0.2) is 48.5 Å². The maximum Gasteiger partial charge on any atom is 0.271 e. The Kier molecular flexibility index (Phi) is 4.73. The summed E-state index contributed by atoms with van der Waals surface area (Å²) in [7, 11) is 0. The molecule has 21 heavy (non-hydrogen) atoms. The second-order valence-electron chi connectivity index (χ2n) is 4.07. The summed E-state index contributed by atoms with van der Waals surface area (Å²) in [6.45, 7) is -0.244. The highest BCUT2D eigenvalue weighted by Gasteiger charge is 2.09. The summed E-state index contributed by atoms with van der Waals surface area (Å²) < 4.78 is 5.27. The van der Waals surface area contributed by atoms with Crippen molar-refractivity contribution in [1.82, 2.24) is 0 Å².